The lowest BCUT2D eigenvalue weighted by molar-refractivity contribution is 0.449. The minimum Gasteiger partial charge on any atom is -0.366 e. The van der Waals surface area contributed by atoms with Gasteiger partial charge in [0.1, 0.15) is 18.0 Å². The predicted molar refractivity (Wildman–Crippen MR) is 90.1 cm³/mol. The maximum Gasteiger partial charge on any atom is 0.196 e. The first-order chi connectivity index (χ1) is 12.0. The van der Waals surface area contributed by atoms with Gasteiger partial charge in [0.25, 0.3) is 0 Å². The normalized spacial score (nSPS) is 10.6. The van der Waals surface area contributed by atoms with Crippen LogP contribution < -0.4 is 10.6 Å². The van der Waals surface area contributed by atoms with Crippen LogP contribution in [0.3, 0.4) is 0 Å². The highest BCUT2D eigenvalue weighted by Gasteiger charge is 2.13. The monoisotopic (exact) mass is 344 g/mol. The number of halogens is 3. The van der Waals surface area contributed by atoms with E-state index in [0.717, 1.165) is 23.3 Å². The molecule has 128 valence electrons. The molecule has 1 aromatic heterocycles. The van der Waals surface area contributed by atoms with Crippen molar-refractivity contribution in [3.05, 3.63) is 77.4 Å². The summed E-state index contributed by atoms with van der Waals surface area (Å²) in [5, 5.41) is 5.75. The summed E-state index contributed by atoms with van der Waals surface area (Å²) in [4.78, 5) is 8.03. The Morgan fingerprint density at radius 1 is 0.920 bits per heavy atom. The third-order valence-corrected chi connectivity index (χ3v) is 3.52. The van der Waals surface area contributed by atoms with Crippen LogP contribution in [0.5, 0.6) is 0 Å². The molecular weight excluding hydrogens is 329 g/mol. The summed E-state index contributed by atoms with van der Waals surface area (Å²) < 4.78 is 40.0. The van der Waals surface area contributed by atoms with Crippen LogP contribution in [-0.4, -0.2) is 9.97 Å². The fourth-order valence-corrected chi connectivity index (χ4v) is 2.30. The quantitative estimate of drug-likeness (QED) is 0.666. The van der Waals surface area contributed by atoms with E-state index in [4.69, 9.17) is 0 Å². The van der Waals surface area contributed by atoms with Crippen LogP contribution in [-0.2, 0) is 6.54 Å². The molecule has 3 rings (SSSR count). The van der Waals surface area contributed by atoms with Crippen molar-refractivity contribution < 1.29 is 13.2 Å². The van der Waals surface area contributed by atoms with E-state index < -0.39 is 17.5 Å². The number of hydrogen-bond donors (Lipinski definition) is 2. The highest BCUT2D eigenvalue weighted by Crippen LogP contribution is 2.23. The second-order valence-corrected chi connectivity index (χ2v) is 5.48. The van der Waals surface area contributed by atoms with Gasteiger partial charge in [-0.1, -0.05) is 29.8 Å². The smallest absolute Gasteiger partial charge is 0.196 e. The van der Waals surface area contributed by atoms with Gasteiger partial charge in [-0.25, -0.2) is 23.1 Å². The Kier molecular flexibility index (Phi) is 4.83. The fraction of sp³-hybridized carbons (Fsp3) is 0.111. The second-order valence-electron chi connectivity index (χ2n) is 5.48. The second kappa shape index (κ2) is 7.21. The van der Waals surface area contributed by atoms with E-state index in [1.54, 1.807) is 6.07 Å². The zero-order valence-electron chi connectivity index (χ0n) is 13.4. The molecule has 2 aromatic carbocycles. The number of rotatable bonds is 5. The van der Waals surface area contributed by atoms with Gasteiger partial charge in [0.05, 0.1) is 5.69 Å². The Balaban J connectivity index is 1.72. The van der Waals surface area contributed by atoms with Crippen molar-refractivity contribution in [2.45, 2.75) is 13.5 Å². The van der Waals surface area contributed by atoms with Crippen molar-refractivity contribution in [2.75, 3.05) is 10.6 Å². The molecule has 0 aliphatic heterocycles. The van der Waals surface area contributed by atoms with Crippen molar-refractivity contribution in [3.8, 4) is 0 Å². The summed E-state index contributed by atoms with van der Waals surface area (Å²) in [5.74, 6) is -3.30. The van der Waals surface area contributed by atoms with Gasteiger partial charge < -0.3 is 10.6 Å². The molecule has 0 fully saturated rings. The molecule has 2 N–H and O–H groups in total. The highest BCUT2D eigenvalue weighted by molar-refractivity contribution is 5.59. The first-order valence-electron chi connectivity index (χ1n) is 7.55. The molecule has 0 unspecified atom stereocenters. The number of nitrogens with zero attached hydrogens (tertiary/aromatic N) is 2. The van der Waals surface area contributed by atoms with E-state index in [-0.39, 0.29) is 11.5 Å². The number of nitrogens with one attached hydrogen (secondary N) is 2. The van der Waals surface area contributed by atoms with Crippen LogP contribution in [0.15, 0.2) is 48.8 Å². The summed E-state index contributed by atoms with van der Waals surface area (Å²) >= 11 is 0. The van der Waals surface area contributed by atoms with Crippen LogP contribution >= 0.6 is 0 Å². The largest absolute Gasteiger partial charge is 0.366 e. The van der Waals surface area contributed by atoms with Crippen molar-refractivity contribution in [3.63, 3.8) is 0 Å². The SMILES string of the molecule is Cc1cccc(CNc2cc(Nc3ccc(F)c(F)c3F)ncn2)c1. The number of aryl methyl sites for hydroxylation is 1. The van der Waals surface area contributed by atoms with Gasteiger partial charge in [0.2, 0.25) is 0 Å². The predicted octanol–water partition coefficient (Wildman–Crippen LogP) is 4.56. The Bertz CT molecular complexity index is 899. The minimum absolute atomic E-state index is 0.206. The van der Waals surface area contributed by atoms with Crippen LogP contribution in [0.25, 0.3) is 0 Å². The molecule has 3 aromatic rings. The molecule has 7 heteroatoms. The third kappa shape index (κ3) is 4.06. The average Bonchev–Trinajstić information content (AvgIpc) is 2.61. The summed E-state index contributed by atoms with van der Waals surface area (Å²) in [5.41, 5.74) is 2.03. The first kappa shape index (κ1) is 16.8. The molecule has 0 saturated heterocycles. The van der Waals surface area contributed by atoms with Gasteiger partial charge >= 0.3 is 0 Å². The lowest BCUT2D eigenvalue weighted by Gasteiger charge is -2.10. The molecule has 0 radical (unpaired) electrons. The summed E-state index contributed by atoms with van der Waals surface area (Å²) in [7, 11) is 0. The van der Waals surface area contributed by atoms with Gasteiger partial charge in [-0.05, 0) is 24.6 Å². The van der Waals surface area contributed by atoms with Gasteiger partial charge in [-0.2, -0.15) is 0 Å². The Labute approximate surface area is 142 Å². The van der Waals surface area contributed by atoms with Gasteiger partial charge in [0, 0.05) is 12.6 Å². The zero-order valence-corrected chi connectivity index (χ0v) is 13.4. The minimum atomic E-state index is -1.53. The molecule has 0 aliphatic carbocycles. The number of benzene rings is 2. The standard InChI is InChI=1S/C18H15F3N4/c1-11-3-2-4-12(7-11)9-22-15-8-16(24-10-23-15)25-14-6-5-13(19)17(20)18(14)21/h2-8,10H,9H2,1H3,(H2,22,23,24,25). The number of anilines is 3. The molecule has 0 bridgehead atoms. The van der Waals surface area contributed by atoms with E-state index in [1.807, 2.05) is 31.2 Å². The maximum absolute atomic E-state index is 13.7. The Hall–Kier alpha value is -3.09. The summed E-state index contributed by atoms with van der Waals surface area (Å²) in [6.45, 7) is 2.56. The zero-order chi connectivity index (χ0) is 17.8. The van der Waals surface area contributed by atoms with Crippen LogP contribution in [0.2, 0.25) is 0 Å². The average molecular weight is 344 g/mol. The third-order valence-electron chi connectivity index (χ3n) is 3.52. The Morgan fingerprint density at radius 2 is 1.72 bits per heavy atom. The van der Waals surface area contributed by atoms with E-state index in [0.29, 0.717) is 12.4 Å². The van der Waals surface area contributed by atoms with Crippen molar-refractivity contribution in [1.82, 2.24) is 9.97 Å². The van der Waals surface area contributed by atoms with Crippen molar-refractivity contribution >= 4 is 17.3 Å². The van der Waals surface area contributed by atoms with Crippen LogP contribution in [0.4, 0.5) is 30.5 Å². The Morgan fingerprint density at radius 3 is 2.52 bits per heavy atom. The van der Waals surface area contributed by atoms with E-state index in [2.05, 4.69) is 20.6 Å². The summed E-state index contributed by atoms with van der Waals surface area (Å²) in [6, 6.07) is 11.5. The molecule has 0 saturated carbocycles. The molecule has 0 aliphatic rings. The molecule has 25 heavy (non-hydrogen) atoms. The molecule has 4 nitrogen and oxygen atoms in total. The van der Waals surface area contributed by atoms with Gasteiger partial charge in [0.15, 0.2) is 17.5 Å². The van der Waals surface area contributed by atoms with Gasteiger partial charge in [-0.15, -0.1) is 0 Å². The molecule has 1 heterocycles. The van der Waals surface area contributed by atoms with E-state index in [1.165, 1.54) is 6.33 Å². The lowest BCUT2D eigenvalue weighted by Crippen LogP contribution is -2.04. The fourth-order valence-electron chi connectivity index (χ4n) is 2.30. The highest BCUT2D eigenvalue weighted by atomic mass is 19.2. The van der Waals surface area contributed by atoms with E-state index in [9.17, 15) is 13.2 Å². The van der Waals surface area contributed by atoms with Gasteiger partial charge in [-0.3, -0.25) is 0 Å². The van der Waals surface area contributed by atoms with Crippen LogP contribution in [0, 0.1) is 24.4 Å². The number of hydrogen-bond acceptors (Lipinski definition) is 4. The molecule has 0 amide bonds. The molecular formula is C18H15F3N4. The first-order valence-corrected chi connectivity index (χ1v) is 7.55. The molecule has 0 atom stereocenters. The topological polar surface area (TPSA) is 49.8 Å². The summed E-state index contributed by atoms with van der Waals surface area (Å²) in [6.07, 6.45) is 1.29. The van der Waals surface area contributed by atoms with Crippen molar-refractivity contribution in [1.29, 1.82) is 0 Å². The van der Waals surface area contributed by atoms with E-state index >= 15 is 0 Å². The molecule has 0 spiro atoms. The van der Waals surface area contributed by atoms with Crippen molar-refractivity contribution in [2.24, 2.45) is 0 Å². The lowest BCUT2D eigenvalue weighted by atomic mass is 10.1. The number of aromatic nitrogens is 2. The maximum atomic E-state index is 13.7. The van der Waals surface area contributed by atoms with Crippen LogP contribution in [0.1, 0.15) is 11.1 Å².